The fraction of sp³-hybridized carbons (Fsp3) is 1.00. The van der Waals surface area contributed by atoms with E-state index < -0.39 is 10.2 Å². The molecule has 0 aromatic carbocycles. The first-order valence-electron chi connectivity index (χ1n) is 7.29. The lowest BCUT2D eigenvalue weighted by molar-refractivity contribution is 0.255. The van der Waals surface area contributed by atoms with Crippen molar-refractivity contribution in [2.45, 2.75) is 46.6 Å². The molecule has 1 aliphatic rings. The Balaban J connectivity index is 2.45. The van der Waals surface area contributed by atoms with Gasteiger partial charge in [0.05, 0.1) is 0 Å². The van der Waals surface area contributed by atoms with Crippen LogP contribution >= 0.6 is 0 Å². The van der Waals surface area contributed by atoms with Crippen molar-refractivity contribution >= 4 is 10.2 Å². The summed E-state index contributed by atoms with van der Waals surface area (Å²) in [4.78, 5) is 0. The summed E-state index contributed by atoms with van der Waals surface area (Å²) in [7, 11) is -3.30. The zero-order valence-electron chi connectivity index (χ0n) is 12.6. The second-order valence-electron chi connectivity index (χ2n) is 6.20. The van der Waals surface area contributed by atoms with Crippen molar-refractivity contribution in [1.82, 2.24) is 14.3 Å². The third-order valence-electron chi connectivity index (χ3n) is 3.19. The van der Waals surface area contributed by atoms with Crippen molar-refractivity contribution in [3.8, 4) is 0 Å². The normalized spacial score (nSPS) is 22.3. The molecule has 0 saturated carbocycles. The van der Waals surface area contributed by atoms with Gasteiger partial charge in [0.2, 0.25) is 0 Å². The molecule has 1 fully saturated rings. The Morgan fingerprint density at radius 1 is 1.26 bits per heavy atom. The van der Waals surface area contributed by atoms with Gasteiger partial charge in [-0.15, -0.1) is 0 Å². The van der Waals surface area contributed by atoms with Crippen molar-refractivity contribution in [2.24, 2.45) is 11.8 Å². The highest BCUT2D eigenvalue weighted by Gasteiger charge is 2.28. The summed E-state index contributed by atoms with van der Waals surface area (Å²) >= 11 is 0. The molecule has 0 aromatic rings. The van der Waals surface area contributed by atoms with Crippen LogP contribution < -0.4 is 10.0 Å². The van der Waals surface area contributed by atoms with Crippen LogP contribution in [0, 0.1) is 11.8 Å². The van der Waals surface area contributed by atoms with Crippen LogP contribution in [0.4, 0.5) is 0 Å². The monoisotopic (exact) mass is 291 g/mol. The first-order valence-corrected chi connectivity index (χ1v) is 8.73. The Morgan fingerprint density at radius 2 is 1.95 bits per heavy atom. The van der Waals surface area contributed by atoms with Crippen LogP contribution in [0.15, 0.2) is 0 Å². The zero-order valence-corrected chi connectivity index (χ0v) is 13.5. The largest absolute Gasteiger partial charge is 0.316 e. The average Bonchev–Trinajstić information content (AvgIpc) is 2.27. The van der Waals surface area contributed by atoms with E-state index in [1.165, 1.54) is 0 Å². The van der Waals surface area contributed by atoms with Crippen LogP contribution in [0.2, 0.25) is 0 Å². The van der Waals surface area contributed by atoms with Crippen LogP contribution in [-0.2, 0) is 10.2 Å². The summed E-state index contributed by atoms with van der Waals surface area (Å²) in [5, 5.41) is 3.43. The van der Waals surface area contributed by atoms with Crippen LogP contribution in [-0.4, -0.2) is 44.9 Å². The predicted molar refractivity (Wildman–Crippen MR) is 79.2 cm³/mol. The quantitative estimate of drug-likeness (QED) is 0.740. The van der Waals surface area contributed by atoms with Gasteiger partial charge < -0.3 is 5.32 Å². The van der Waals surface area contributed by atoms with Crippen LogP contribution in [0.1, 0.15) is 40.5 Å². The van der Waals surface area contributed by atoms with Crippen molar-refractivity contribution in [3.05, 3.63) is 0 Å². The standard InChI is InChI=1S/C13H29N3O2S/c1-11(2)8-14-9-13-6-5-7-16(10-13)19(17,18)15-12(3)4/h11-15H,5-10H2,1-4H3. The Kier molecular flexibility index (Phi) is 6.73. The average molecular weight is 291 g/mol. The molecular formula is C13H29N3O2S. The van der Waals surface area contributed by atoms with Crippen molar-refractivity contribution in [2.75, 3.05) is 26.2 Å². The molecule has 0 aliphatic carbocycles. The van der Waals surface area contributed by atoms with Crippen LogP contribution in [0.25, 0.3) is 0 Å². The highest BCUT2D eigenvalue weighted by atomic mass is 32.2. The Morgan fingerprint density at radius 3 is 2.53 bits per heavy atom. The van der Waals surface area contributed by atoms with Gasteiger partial charge in [-0.3, -0.25) is 0 Å². The van der Waals surface area contributed by atoms with Gasteiger partial charge in [0, 0.05) is 19.1 Å². The Hall–Kier alpha value is -0.170. The maximum Gasteiger partial charge on any atom is 0.279 e. The summed E-state index contributed by atoms with van der Waals surface area (Å²) < 4.78 is 28.5. The smallest absolute Gasteiger partial charge is 0.279 e. The maximum absolute atomic E-state index is 12.1. The van der Waals surface area contributed by atoms with Gasteiger partial charge in [0.15, 0.2) is 0 Å². The number of rotatable bonds is 7. The molecule has 2 N–H and O–H groups in total. The highest BCUT2D eigenvalue weighted by Crippen LogP contribution is 2.18. The van der Waals surface area contributed by atoms with Crippen molar-refractivity contribution in [1.29, 1.82) is 0 Å². The molecule has 1 aliphatic heterocycles. The molecule has 1 rings (SSSR count). The molecule has 5 nitrogen and oxygen atoms in total. The predicted octanol–water partition coefficient (Wildman–Crippen LogP) is 1.19. The number of nitrogens with one attached hydrogen (secondary N) is 2. The van der Waals surface area contributed by atoms with Gasteiger partial charge >= 0.3 is 0 Å². The SMILES string of the molecule is CC(C)CNCC1CCCN(S(=O)(=O)NC(C)C)C1. The molecule has 0 amide bonds. The fourth-order valence-corrected chi connectivity index (χ4v) is 3.88. The minimum absolute atomic E-state index is 0.0514. The first-order chi connectivity index (χ1) is 8.81. The van der Waals surface area contributed by atoms with Gasteiger partial charge in [0.1, 0.15) is 0 Å². The molecule has 1 saturated heterocycles. The summed E-state index contributed by atoms with van der Waals surface area (Å²) in [6.45, 7) is 11.2. The number of nitrogens with zero attached hydrogens (tertiary/aromatic N) is 1. The van der Waals surface area contributed by atoms with Crippen molar-refractivity contribution in [3.63, 3.8) is 0 Å². The van der Waals surface area contributed by atoms with E-state index in [-0.39, 0.29) is 6.04 Å². The highest BCUT2D eigenvalue weighted by molar-refractivity contribution is 7.87. The summed E-state index contributed by atoms with van der Waals surface area (Å²) in [6, 6.07) is -0.0514. The van der Waals surface area contributed by atoms with E-state index in [2.05, 4.69) is 23.9 Å². The van der Waals surface area contributed by atoms with Gasteiger partial charge in [0.25, 0.3) is 10.2 Å². The first kappa shape index (κ1) is 16.9. The van der Waals surface area contributed by atoms with Gasteiger partial charge in [-0.05, 0) is 51.6 Å². The summed E-state index contributed by atoms with van der Waals surface area (Å²) in [5.74, 6) is 1.06. The third kappa shape index (κ3) is 6.21. The lowest BCUT2D eigenvalue weighted by Crippen LogP contribution is -2.49. The van der Waals surface area contributed by atoms with Gasteiger partial charge in [-0.2, -0.15) is 17.4 Å². The summed E-state index contributed by atoms with van der Waals surface area (Å²) in [6.07, 6.45) is 2.06. The molecule has 1 atom stereocenters. The Labute approximate surface area is 118 Å². The molecule has 114 valence electrons. The minimum atomic E-state index is -3.30. The number of hydrogen-bond donors (Lipinski definition) is 2. The molecule has 0 aromatic heterocycles. The molecule has 6 heteroatoms. The van der Waals surface area contributed by atoms with E-state index in [4.69, 9.17) is 0 Å². The molecule has 19 heavy (non-hydrogen) atoms. The summed E-state index contributed by atoms with van der Waals surface area (Å²) in [5.41, 5.74) is 0. The maximum atomic E-state index is 12.1. The molecule has 1 unspecified atom stereocenters. The van der Waals surface area contributed by atoms with Crippen molar-refractivity contribution < 1.29 is 8.42 Å². The van der Waals surface area contributed by atoms with E-state index in [0.29, 0.717) is 24.9 Å². The fourth-order valence-electron chi connectivity index (χ4n) is 2.36. The van der Waals surface area contributed by atoms with E-state index >= 15 is 0 Å². The number of piperidine rings is 1. The molecule has 1 heterocycles. The van der Waals surface area contributed by atoms with E-state index in [9.17, 15) is 8.42 Å². The van der Waals surface area contributed by atoms with Crippen LogP contribution in [0.5, 0.6) is 0 Å². The second kappa shape index (κ2) is 7.57. The lowest BCUT2D eigenvalue weighted by atomic mass is 9.99. The third-order valence-corrected chi connectivity index (χ3v) is 4.97. The second-order valence-corrected chi connectivity index (χ2v) is 7.90. The minimum Gasteiger partial charge on any atom is -0.316 e. The number of hydrogen-bond acceptors (Lipinski definition) is 3. The van der Waals surface area contributed by atoms with E-state index in [1.54, 1.807) is 4.31 Å². The lowest BCUT2D eigenvalue weighted by Gasteiger charge is -2.32. The van der Waals surface area contributed by atoms with E-state index in [0.717, 1.165) is 25.9 Å². The van der Waals surface area contributed by atoms with Gasteiger partial charge in [-0.1, -0.05) is 13.8 Å². The van der Waals surface area contributed by atoms with E-state index in [1.807, 2.05) is 13.8 Å². The zero-order chi connectivity index (χ0) is 14.5. The Bertz CT molecular complexity index is 355. The molecule has 0 spiro atoms. The topological polar surface area (TPSA) is 61.4 Å². The molecular weight excluding hydrogens is 262 g/mol. The van der Waals surface area contributed by atoms with Gasteiger partial charge in [-0.25, -0.2) is 0 Å². The molecule has 0 radical (unpaired) electrons. The molecule has 0 bridgehead atoms. The van der Waals surface area contributed by atoms with Crippen LogP contribution in [0.3, 0.4) is 0 Å².